The molecule has 1 saturated heterocycles. The first-order valence-corrected chi connectivity index (χ1v) is 12.9. The smallest absolute Gasteiger partial charge is 0.242 e. The highest BCUT2D eigenvalue weighted by atomic mass is 32.1. The highest BCUT2D eigenvalue weighted by molar-refractivity contribution is 7.11. The van der Waals surface area contributed by atoms with E-state index in [0.29, 0.717) is 19.6 Å². The third-order valence-electron chi connectivity index (χ3n) is 6.59. The zero-order valence-electron chi connectivity index (χ0n) is 19.6. The van der Waals surface area contributed by atoms with Crippen LogP contribution < -0.4 is 0 Å². The van der Waals surface area contributed by atoms with Crippen molar-refractivity contribution in [1.29, 1.82) is 0 Å². The maximum atomic E-state index is 13.6. The van der Waals surface area contributed by atoms with Crippen molar-refractivity contribution in [2.75, 3.05) is 45.9 Å². The molecule has 1 saturated carbocycles. The summed E-state index contributed by atoms with van der Waals surface area (Å²) in [7, 11) is 0. The largest absolute Gasteiger partial charge is 0.379 e. The average Bonchev–Trinajstić information content (AvgIpc) is 3.20. The second kappa shape index (κ2) is 11.8. The van der Waals surface area contributed by atoms with Crippen LogP contribution >= 0.6 is 11.3 Å². The quantitative estimate of drug-likeness (QED) is 0.534. The number of hydrogen-bond acceptors (Lipinski definition) is 5. The molecule has 1 aromatic heterocycles. The molecule has 0 N–H and O–H groups in total. The van der Waals surface area contributed by atoms with Crippen LogP contribution in [0.3, 0.4) is 0 Å². The lowest BCUT2D eigenvalue weighted by molar-refractivity contribution is -0.145. The van der Waals surface area contributed by atoms with E-state index in [9.17, 15) is 9.59 Å². The lowest BCUT2D eigenvalue weighted by Gasteiger charge is -2.35. The predicted octanol–water partition coefficient (Wildman–Crippen LogP) is 3.55. The Labute approximate surface area is 201 Å². The molecule has 0 bridgehead atoms. The van der Waals surface area contributed by atoms with Crippen molar-refractivity contribution >= 4 is 23.2 Å². The molecule has 4 rings (SSSR count). The van der Waals surface area contributed by atoms with Crippen molar-refractivity contribution in [3.63, 3.8) is 0 Å². The van der Waals surface area contributed by atoms with Crippen LogP contribution in [0.25, 0.3) is 0 Å². The number of carbonyl (C=O) groups excluding carboxylic acids is 2. The molecule has 1 aliphatic carbocycles. The zero-order valence-corrected chi connectivity index (χ0v) is 20.4. The Morgan fingerprint density at radius 1 is 1.03 bits per heavy atom. The molecular weight excluding hydrogens is 434 g/mol. The number of ether oxygens (including phenoxy) is 1. The molecule has 1 aromatic carbocycles. The third kappa shape index (κ3) is 6.88. The molecule has 178 valence electrons. The van der Waals surface area contributed by atoms with Crippen molar-refractivity contribution in [3.8, 4) is 0 Å². The molecular formula is C26H35N3O3S. The maximum absolute atomic E-state index is 13.6. The number of rotatable bonds is 10. The Kier molecular flexibility index (Phi) is 8.53. The fraction of sp³-hybridized carbons (Fsp3) is 0.538. The van der Waals surface area contributed by atoms with Crippen LogP contribution in [0.2, 0.25) is 0 Å². The van der Waals surface area contributed by atoms with E-state index in [1.807, 2.05) is 28.0 Å². The van der Waals surface area contributed by atoms with Crippen molar-refractivity contribution in [2.24, 2.45) is 5.92 Å². The lowest BCUT2D eigenvalue weighted by atomic mass is 9.84. The van der Waals surface area contributed by atoms with Gasteiger partial charge in [0.2, 0.25) is 11.8 Å². The Balaban J connectivity index is 1.45. The minimum absolute atomic E-state index is 0.0135. The summed E-state index contributed by atoms with van der Waals surface area (Å²) < 4.78 is 5.45. The number of thiophene rings is 1. The van der Waals surface area contributed by atoms with Gasteiger partial charge in [-0.25, -0.2) is 0 Å². The number of hydrogen-bond donors (Lipinski definition) is 0. The van der Waals surface area contributed by atoms with Gasteiger partial charge in [-0.05, 0) is 37.5 Å². The summed E-state index contributed by atoms with van der Waals surface area (Å²) in [6.07, 6.45) is 3.01. The Morgan fingerprint density at radius 2 is 1.79 bits per heavy atom. The highest BCUT2D eigenvalue weighted by Gasteiger charge is 2.31. The normalized spacial score (nSPS) is 16.9. The summed E-state index contributed by atoms with van der Waals surface area (Å²) in [5.74, 6) is 0.249. The van der Waals surface area contributed by atoms with E-state index >= 15 is 0 Å². The summed E-state index contributed by atoms with van der Waals surface area (Å²) >= 11 is 1.72. The average molecular weight is 470 g/mol. The van der Waals surface area contributed by atoms with Crippen LogP contribution in [0, 0.1) is 12.8 Å². The van der Waals surface area contributed by atoms with Crippen molar-refractivity contribution in [2.45, 2.75) is 39.3 Å². The monoisotopic (exact) mass is 469 g/mol. The molecule has 2 aromatic rings. The second-order valence-corrected chi connectivity index (χ2v) is 10.5. The zero-order chi connectivity index (χ0) is 23.0. The highest BCUT2D eigenvalue weighted by Crippen LogP contribution is 2.28. The minimum atomic E-state index is 0.0135. The molecule has 0 spiro atoms. The van der Waals surface area contributed by atoms with Crippen molar-refractivity contribution < 1.29 is 14.3 Å². The van der Waals surface area contributed by atoms with Crippen molar-refractivity contribution in [1.82, 2.24) is 14.7 Å². The number of nitrogens with zero attached hydrogens (tertiary/aromatic N) is 3. The number of amides is 2. The lowest BCUT2D eigenvalue weighted by Crippen LogP contribution is -2.49. The van der Waals surface area contributed by atoms with E-state index in [1.165, 1.54) is 9.75 Å². The summed E-state index contributed by atoms with van der Waals surface area (Å²) in [5.41, 5.74) is 1.10. The van der Waals surface area contributed by atoms with Crippen LogP contribution in [0.15, 0.2) is 42.5 Å². The second-order valence-electron chi connectivity index (χ2n) is 9.09. The van der Waals surface area contributed by atoms with Gasteiger partial charge in [0.25, 0.3) is 0 Å². The van der Waals surface area contributed by atoms with Crippen LogP contribution in [0.5, 0.6) is 0 Å². The van der Waals surface area contributed by atoms with Gasteiger partial charge in [0, 0.05) is 48.4 Å². The predicted molar refractivity (Wildman–Crippen MR) is 131 cm³/mol. The molecule has 2 amide bonds. The van der Waals surface area contributed by atoms with E-state index in [0.717, 1.165) is 57.7 Å². The maximum Gasteiger partial charge on any atom is 0.242 e. The summed E-state index contributed by atoms with van der Waals surface area (Å²) in [6.45, 7) is 7.98. The first kappa shape index (κ1) is 23.9. The SMILES string of the molecule is Cc1ccc(CN(Cc2ccccc2)C(=O)CN(CCN2CCOCC2)C(=O)C2CCC2)s1. The van der Waals surface area contributed by atoms with Crippen LogP contribution in [-0.4, -0.2) is 72.5 Å². The third-order valence-corrected chi connectivity index (χ3v) is 7.58. The van der Waals surface area contributed by atoms with E-state index < -0.39 is 0 Å². The van der Waals surface area contributed by atoms with E-state index in [4.69, 9.17) is 4.74 Å². The van der Waals surface area contributed by atoms with Crippen molar-refractivity contribution in [3.05, 3.63) is 57.8 Å². The first-order chi connectivity index (χ1) is 16.1. The number of carbonyl (C=O) groups is 2. The number of aryl methyl sites for hydroxylation is 1. The first-order valence-electron chi connectivity index (χ1n) is 12.0. The van der Waals surface area contributed by atoms with Gasteiger partial charge >= 0.3 is 0 Å². The molecule has 6 nitrogen and oxygen atoms in total. The molecule has 0 unspecified atom stereocenters. The Morgan fingerprint density at radius 3 is 2.42 bits per heavy atom. The molecule has 2 heterocycles. The van der Waals surface area contributed by atoms with Gasteiger partial charge < -0.3 is 14.5 Å². The van der Waals surface area contributed by atoms with Crippen LogP contribution in [0.1, 0.15) is 34.6 Å². The standard InChI is InChI=1S/C26H35N3O3S/c1-21-10-11-24(33-21)19-29(18-22-6-3-2-4-7-22)25(30)20-28(26(31)23-8-5-9-23)13-12-27-14-16-32-17-15-27/h2-4,6-7,10-11,23H,5,8-9,12-20H2,1H3. The molecule has 0 radical (unpaired) electrons. The minimum Gasteiger partial charge on any atom is -0.379 e. The van der Waals surface area contributed by atoms with Gasteiger partial charge in [0.1, 0.15) is 0 Å². The van der Waals surface area contributed by atoms with E-state index in [-0.39, 0.29) is 24.3 Å². The fourth-order valence-corrected chi connectivity index (χ4v) is 5.23. The number of morpholine rings is 1. The topological polar surface area (TPSA) is 53.1 Å². The Hall–Kier alpha value is -2.22. The van der Waals surface area contributed by atoms with Gasteiger partial charge in [0.05, 0.1) is 26.3 Å². The molecule has 33 heavy (non-hydrogen) atoms. The van der Waals surface area contributed by atoms with Gasteiger partial charge in [-0.1, -0.05) is 36.8 Å². The molecule has 2 fully saturated rings. The fourth-order valence-electron chi connectivity index (χ4n) is 4.33. The van der Waals surface area contributed by atoms with Gasteiger partial charge in [-0.3, -0.25) is 14.5 Å². The molecule has 7 heteroatoms. The molecule has 0 atom stereocenters. The molecule has 2 aliphatic rings. The molecule has 1 aliphatic heterocycles. The summed E-state index contributed by atoms with van der Waals surface area (Å²) in [6, 6.07) is 14.3. The van der Waals surface area contributed by atoms with E-state index in [1.54, 1.807) is 11.3 Å². The van der Waals surface area contributed by atoms with Gasteiger partial charge in [-0.15, -0.1) is 11.3 Å². The van der Waals surface area contributed by atoms with Gasteiger partial charge in [-0.2, -0.15) is 0 Å². The van der Waals surface area contributed by atoms with Gasteiger partial charge in [0.15, 0.2) is 0 Å². The summed E-state index contributed by atoms with van der Waals surface area (Å²) in [5, 5.41) is 0. The Bertz CT molecular complexity index is 907. The van der Waals surface area contributed by atoms with Crippen LogP contribution in [-0.2, 0) is 27.4 Å². The summed E-state index contributed by atoms with van der Waals surface area (Å²) in [4.78, 5) is 35.2. The van der Waals surface area contributed by atoms with Crippen LogP contribution in [0.4, 0.5) is 0 Å². The van der Waals surface area contributed by atoms with E-state index in [2.05, 4.69) is 36.1 Å². The number of benzene rings is 1.